The van der Waals surface area contributed by atoms with Crippen molar-refractivity contribution in [3.8, 4) is 0 Å². The minimum absolute atomic E-state index is 0.175. The van der Waals surface area contributed by atoms with Gasteiger partial charge < -0.3 is 16.4 Å². The lowest BCUT2D eigenvalue weighted by Crippen LogP contribution is -2.58. The molecule has 8 heteroatoms. The molecule has 1 unspecified atom stereocenters. The number of nitrogens with two attached hydrogens (primary N) is 2. The van der Waals surface area contributed by atoms with Gasteiger partial charge in [-0.2, -0.15) is 0 Å². The van der Waals surface area contributed by atoms with Crippen LogP contribution in [0.2, 0.25) is 0 Å². The summed E-state index contributed by atoms with van der Waals surface area (Å²) in [6.45, 7) is 3.35. The van der Waals surface area contributed by atoms with Gasteiger partial charge in [-0.25, -0.2) is 13.4 Å². The fraction of sp³-hybridized carbons (Fsp3) is 0.526. The molecule has 7 nitrogen and oxygen atoms in total. The van der Waals surface area contributed by atoms with Gasteiger partial charge in [-0.05, 0) is 57.7 Å². The summed E-state index contributed by atoms with van der Waals surface area (Å²) in [6.07, 6.45) is 7.22. The van der Waals surface area contributed by atoms with E-state index in [0.29, 0.717) is 11.5 Å². The number of nitrogens with zero attached hydrogens (tertiary/aromatic N) is 1. The Bertz CT molecular complexity index is 841. The third kappa shape index (κ3) is 4.17. The van der Waals surface area contributed by atoms with Crippen LogP contribution >= 0.6 is 0 Å². The fourth-order valence-corrected chi connectivity index (χ4v) is 4.77. The first-order valence-corrected chi connectivity index (χ1v) is 11.0. The van der Waals surface area contributed by atoms with Gasteiger partial charge in [0.1, 0.15) is 5.84 Å². The Morgan fingerprint density at radius 1 is 1.22 bits per heavy atom. The zero-order valence-corrected chi connectivity index (χ0v) is 16.7. The van der Waals surface area contributed by atoms with Crippen LogP contribution in [-0.4, -0.2) is 31.3 Å². The number of hydrogen-bond acceptors (Lipinski definition) is 7. The van der Waals surface area contributed by atoms with Gasteiger partial charge >= 0.3 is 0 Å². The van der Waals surface area contributed by atoms with Crippen molar-refractivity contribution in [2.45, 2.75) is 61.5 Å². The maximum atomic E-state index is 12.7. The Balaban J connectivity index is 1.86. The highest BCUT2D eigenvalue weighted by Gasteiger charge is 2.37. The van der Waals surface area contributed by atoms with E-state index in [2.05, 4.69) is 15.6 Å². The van der Waals surface area contributed by atoms with E-state index < -0.39 is 20.9 Å². The van der Waals surface area contributed by atoms with E-state index in [1.165, 1.54) is 0 Å². The van der Waals surface area contributed by atoms with Crippen molar-refractivity contribution >= 4 is 21.4 Å². The summed E-state index contributed by atoms with van der Waals surface area (Å²) in [5.74, 6) is -0.200. The SMILES string of the molecule is CC(C)S(=O)(=O)c1ccccc1NC1=NC(N)([C@H]2CC[C@H](N)CC2)NC=C1. The number of aliphatic imine (C=N–C) groups is 1. The molecule has 1 aromatic rings. The molecular formula is C19H29N5O2S. The molecule has 148 valence electrons. The standard InChI is InChI=1S/C19H29N5O2S/c1-13(2)27(25,26)17-6-4-3-5-16(17)23-18-11-12-22-19(21,24-18)14-7-9-15(20)10-8-14/h3-6,11-15,22H,7-10,20-21H2,1-2H3,(H,23,24)/t14-,15-,19?. The minimum Gasteiger partial charge on any atom is -0.355 e. The molecule has 1 heterocycles. The van der Waals surface area contributed by atoms with Crippen LogP contribution in [0.3, 0.4) is 0 Å². The maximum absolute atomic E-state index is 12.7. The number of amidine groups is 1. The Kier molecular flexibility index (Phi) is 5.60. The van der Waals surface area contributed by atoms with Crippen molar-refractivity contribution < 1.29 is 8.42 Å². The molecule has 1 atom stereocenters. The average molecular weight is 392 g/mol. The lowest BCUT2D eigenvalue weighted by molar-refractivity contribution is 0.179. The second-order valence-electron chi connectivity index (χ2n) is 7.63. The average Bonchev–Trinajstić information content (AvgIpc) is 2.62. The van der Waals surface area contributed by atoms with E-state index in [1.807, 2.05) is 0 Å². The Morgan fingerprint density at radius 3 is 2.56 bits per heavy atom. The maximum Gasteiger partial charge on any atom is 0.187 e. The number of anilines is 1. The molecule has 1 saturated carbocycles. The number of nitrogens with one attached hydrogen (secondary N) is 2. The van der Waals surface area contributed by atoms with E-state index in [9.17, 15) is 8.42 Å². The van der Waals surface area contributed by atoms with Gasteiger partial charge in [0.15, 0.2) is 15.6 Å². The summed E-state index contributed by atoms with van der Waals surface area (Å²) in [5, 5.41) is 5.81. The van der Waals surface area contributed by atoms with Gasteiger partial charge in [0.05, 0.1) is 15.8 Å². The highest BCUT2D eigenvalue weighted by Crippen LogP contribution is 2.32. The van der Waals surface area contributed by atoms with Gasteiger partial charge in [-0.15, -0.1) is 0 Å². The van der Waals surface area contributed by atoms with E-state index >= 15 is 0 Å². The predicted molar refractivity (Wildman–Crippen MR) is 109 cm³/mol. The van der Waals surface area contributed by atoms with Crippen molar-refractivity contribution in [1.29, 1.82) is 0 Å². The third-order valence-electron chi connectivity index (χ3n) is 5.33. The molecule has 0 saturated heterocycles. The molecule has 0 aromatic heterocycles. The topological polar surface area (TPSA) is 123 Å². The number of rotatable bonds is 4. The highest BCUT2D eigenvalue weighted by molar-refractivity contribution is 7.92. The second kappa shape index (κ2) is 7.61. The molecule has 0 amide bonds. The molecule has 0 bridgehead atoms. The molecule has 1 aliphatic heterocycles. The molecule has 3 rings (SSSR count). The zero-order chi connectivity index (χ0) is 19.7. The normalized spacial score (nSPS) is 28.6. The van der Waals surface area contributed by atoms with Crippen molar-refractivity contribution in [2.75, 3.05) is 5.32 Å². The van der Waals surface area contributed by atoms with E-state index in [-0.39, 0.29) is 16.9 Å². The summed E-state index contributed by atoms with van der Waals surface area (Å²) in [5.41, 5.74) is 13.1. The molecule has 0 spiro atoms. The van der Waals surface area contributed by atoms with Gasteiger partial charge in [0.25, 0.3) is 0 Å². The third-order valence-corrected chi connectivity index (χ3v) is 7.54. The summed E-state index contributed by atoms with van der Waals surface area (Å²) in [6, 6.07) is 7.11. The molecule has 0 radical (unpaired) electrons. The lowest BCUT2D eigenvalue weighted by Gasteiger charge is -2.39. The van der Waals surface area contributed by atoms with Gasteiger partial charge in [-0.1, -0.05) is 12.1 Å². The first-order chi connectivity index (χ1) is 12.7. The van der Waals surface area contributed by atoms with Gasteiger partial charge in [0.2, 0.25) is 0 Å². The summed E-state index contributed by atoms with van der Waals surface area (Å²) < 4.78 is 25.3. The van der Waals surface area contributed by atoms with Crippen molar-refractivity contribution in [1.82, 2.24) is 5.32 Å². The van der Waals surface area contributed by atoms with Crippen molar-refractivity contribution in [3.05, 3.63) is 36.5 Å². The molecule has 1 aliphatic carbocycles. The Labute approximate surface area is 161 Å². The molecular weight excluding hydrogens is 362 g/mol. The van der Waals surface area contributed by atoms with Crippen LogP contribution in [-0.2, 0) is 9.84 Å². The fourth-order valence-electron chi connectivity index (χ4n) is 3.57. The quantitative estimate of drug-likeness (QED) is 0.622. The van der Waals surface area contributed by atoms with Crippen LogP contribution < -0.4 is 22.1 Å². The number of benzene rings is 1. The number of sulfone groups is 1. The Morgan fingerprint density at radius 2 is 1.89 bits per heavy atom. The molecule has 27 heavy (non-hydrogen) atoms. The first kappa shape index (κ1) is 19.9. The first-order valence-electron chi connectivity index (χ1n) is 9.41. The molecule has 6 N–H and O–H groups in total. The summed E-state index contributed by atoms with van der Waals surface area (Å²) >= 11 is 0. The zero-order valence-electron chi connectivity index (χ0n) is 15.9. The van der Waals surface area contributed by atoms with E-state index in [0.717, 1.165) is 25.7 Å². The minimum atomic E-state index is -3.42. The monoisotopic (exact) mass is 391 g/mol. The molecule has 2 aliphatic rings. The molecule has 1 fully saturated rings. The van der Waals surface area contributed by atoms with Gasteiger partial charge in [0, 0.05) is 18.2 Å². The van der Waals surface area contributed by atoms with Crippen LogP contribution in [0.15, 0.2) is 46.4 Å². The second-order valence-corrected chi connectivity index (χ2v) is 10.1. The largest absolute Gasteiger partial charge is 0.355 e. The summed E-state index contributed by atoms with van der Waals surface area (Å²) in [4.78, 5) is 4.94. The van der Waals surface area contributed by atoms with Crippen molar-refractivity contribution in [2.24, 2.45) is 22.4 Å². The summed E-state index contributed by atoms with van der Waals surface area (Å²) in [7, 11) is -3.42. The Hall–Kier alpha value is -1.90. The smallest absolute Gasteiger partial charge is 0.187 e. The predicted octanol–water partition coefficient (Wildman–Crippen LogP) is 1.93. The van der Waals surface area contributed by atoms with Crippen molar-refractivity contribution in [3.63, 3.8) is 0 Å². The number of hydrogen-bond donors (Lipinski definition) is 4. The van der Waals surface area contributed by atoms with Crippen LogP contribution in [0.25, 0.3) is 0 Å². The van der Waals surface area contributed by atoms with Gasteiger partial charge in [-0.3, -0.25) is 5.73 Å². The lowest BCUT2D eigenvalue weighted by atomic mass is 9.82. The van der Waals surface area contributed by atoms with Crippen LogP contribution in [0, 0.1) is 5.92 Å². The number of para-hydroxylation sites is 1. The molecule has 1 aromatic carbocycles. The van der Waals surface area contributed by atoms with E-state index in [1.54, 1.807) is 50.4 Å². The van der Waals surface area contributed by atoms with Crippen LogP contribution in [0.4, 0.5) is 5.69 Å². The van der Waals surface area contributed by atoms with Crippen LogP contribution in [0.1, 0.15) is 39.5 Å². The van der Waals surface area contributed by atoms with Crippen LogP contribution in [0.5, 0.6) is 0 Å². The highest BCUT2D eigenvalue weighted by atomic mass is 32.2. The van der Waals surface area contributed by atoms with E-state index in [4.69, 9.17) is 11.5 Å².